The summed E-state index contributed by atoms with van der Waals surface area (Å²) in [5.41, 5.74) is 10.3. The first-order valence-electron chi connectivity index (χ1n) is 4.70. The normalized spacial score (nSPS) is 11.9. The Balaban J connectivity index is 2.40. The second-order valence-electron chi connectivity index (χ2n) is 3.16. The van der Waals surface area contributed by atoms with E-state index in [1.807, 2.05) is 18.2 Å². The lowest BCUT2D eigenvalue weighted by Gasteiger charge is -2.11. The Morgan fingerprint density at radius 1 is 1.44 bits per heavy atom. The van der Waals surface area contributed by atoms with Crippen molar-refractivity contribution in [2.75, 3.05) is 13.2 Å². The van der Waals surface area contributed by atoms with Gasteiger partial charge in [0.05, 0.1) is 11.0 Å². The molecule has 0 radical (unpaired) electrons. The van der Waals surface area contributed by atoms with E-state index in [0.29, 0.717) is 5.75 Å². The second kappa shape index (κ2) is 6.34. The van der Waals surface area contributed by atoms with E-state index in [9.17, 15) is 5.11 Å². The zero-order valence-corrected chi connectivity index (χ0v) is 10.2. The number of aliphatic hydroxyl groups excluding tert-OH is 1. The first-order chi connectivity index (χ1) is 7.59. The minimum absolute atomic E-state index is 0.0417. The standard InChI is InChI=1S/C10H14BrN3O2/c11-8-3-1-2-4-9(8)16-6-7(15)5-14-10(12)13/h1-4,7,15H,5-6H2,(H4,12,13,14). The molecule has 0 aliphatic heterocycles. The maximum Gasteiger partial charge on any atom is 0.186 e. The highest BCUT2D eigenvalue weighted by Gasteiger charge is 2.06. The van der Waals surface area contributed by atoms with Gasteiger partial charge < -0.3 is 21.3 Å². The third kappa shape index (κ3) is 4.50. The summed E-state index contributed by atoms with van der Waals surface area (Å²) in [6.07, 6.45) is -0.728. The summed E-state index contributed by atoms with van der Waals surface area (Å²) < 4.78 is 6.22. The van der Waals surface area contributed by atoms with Gasteiger partial charge in [0.15, 0.2) is 5.96 Å². The summed E-state index contributed by atoms with van der Waals surface area (Å²) in [7, 11) is 0. The van der Waals surface area contributed by atoms with Gasteiger partial charge in [-0.3, -0.25) is 4.99 Å². The van der Waals surface area contributed by atoms with E-state index >= 15 is 0 Å². The van der Waals surface area contributed by atoms with Crippen molar-refractivity contribution in [2.24, 2.45) is 16.5 Å². The Labute approximate surface area is 102 Å². The predicted molar refractivity (Wildman–Crippen MR) is 66.3 cm³/mol. The Hall–Kier alpha value is -1.27. The monoisotopic (exact) mass is 287 g/mol. The molecule has 88 valence electrons. The number of para-hydroxylation sites is 1. The smallest absolute Gasteiger partial charge is 0.186 e. The number of aliphatic imine (C=N–C) groups is 1. The van der Waals surface area contributed by atoms with Crippen molar-refractivity contribution in [3.8, 4) is 5.75 Å². The summed E-state index contributed by atoms with van der Waals surface area (Å²) in [5, 5.41) is 9.49. The molecule has 1 aromatic rings. The average Bonchev–Trinajstić information content (AvgIpc) is 2.25. The molecule has 0 spiro atoms. The maximum atomic E-state index is 9.49. The van der Waals surface area contributed by atoms with Gasteiger partial charge in [0, 0.05) is 0 Å². The van der Waals surface area contributed by atoms with E-state index in [0.717, 1.165) is 4.47 Å². The van der Waals surface area contributed by atoms with Crippen LogP contribution < -0.4 is 16.2 Å². The van der Waals surface area contributed by atoms with E-state index in [4.69, 9.17) is 16.2 Å². The fraction of sp³-hybridized carbons (Fsp3) is 0.300. The van der Waals surface area contributed by atoms with Crippen LogP contribution in [-0.4, -0.2) is 30.3 Å². The minimum Gasteiger partial charge on any atom is -0.490 e. The van der Waals surface area contributed by atoms with Crippen LogP contribution in [-0.2, 0) is 0 Å². The van der Waals surface area contributed by atoms with Crippen molar-refractivity contribution in [3.63, 3.8) is 0 Å². The molecular formula is C10H14BrN3O2. The topological polar surface area (TPSA) is 93.9 Å². The molecule has 5 N–H and O–H groups in total. The number of halogens is 1. The summed E-state index contributed by atoms with van der Waals surface area (Å²) in [4.78, 5) is 3.69. The molecule has 0 heterocycles. The minimum atomic E-state index is -0.728. The number of aliphatic hydroxyl groups is 1. The SMILES string of the molecule is NC(N)=NCC(O)COc1ccccc1Br. The molecule has 0 saturated heterocycles. The van der Waals surface area contributed by atoms with Gasteiger partial charge in [-0.05, 0) is 28.1 Å². The molecule has 0 fully saturated rings. The van der Waals surface area contributed by atoms with E-state index in [1.165, 1.54) is 0 Å². The van der Waals surface area contributed by atoms with Crippen molar-refractivity contribution in [1.29, 1.82) is 0 Å². The number of nitrogens with two attached hydrogens (primary N) is 2. The number of rotatable bonds is 5. The summed E-state index contributed by atoms with van der Waals surface area (Å²) in [6.45, 7) is 0.270. The lowest BCUT2D eigenvalue weighted by Crippen LogP contribution is -2.27. The highest BCUT2D eigenvalue weighted by atomic mass is 79.9. The van der Waals surface area contributed by atoms with Crippen LogP contribution in [0.3, 0.4) is 0 Å². The van der Waals surface area contributed by atoms with Gasteiger partial charge in [-0.25, -0.2) is 0 Å². The lowest BCUT2D eigenvalue weighted by molar-refractivity contribution is 0.114. The average molecular weight is 288 g/mol. The Kier molecular flexibility index (Phi) is 5.07. The fourth-order valence-electron chi connectivity index (χ4n) is 1.01. The molecule has 5 nitrogen and oxygen atoms in total. The van der Waals surface area contributed by atoms with Crippen LogP contribution in [0.25, 0.3) is 0 Å². The molecule has 1 rings (SSSR count). The molecular weight excluding hydrogens is 274 g/mol. The van der Waals surface area contributed by atoms with Crippen LogP contribution in [0.5, 0.6) is 5.75 Å². The molecule has 0 aromatic heterocycles. The molecule has 1 atom stereocenters. The van der Waals surface area contributed by atoms with E-state index in [-0.39, 0.29) is 19.1 Å². The van der Waals surface area contributed by atoms with Crippen LogP contribution >= 0.6 is 15.9 Å². The molecule has 0 aliphatic rings. The number of ether oxygens (including phenoxy) is 1. The van der Waals surface area contributed by atoms with Gasteiger partial charge in [0.1, 0.15) is 18.5 Å². The van der Waals surface area contributed by atoms with Crippen LogP contribution in [0, 0.1) is 0 Å². The van der Waals surface area contributed by atoms with Crippen molar-refractivity contribution in [2.45, 2.75) is 6.10 Å². The number of hydrogen-bond acceptors (Lipinski definition) is 3. The highest BCUT2D eigenvalue weighted by Crippen LogP contribution is 2.23. The summed E-state index contributed by atoms with van der Waals surface area (Å²) in [6, 6.07) is 7.39. The van der Waals surface area contributed by atoms with Gasteiger partial charge in [-0.15, -0.1) is 0 Å². The van der Waals surface area contributed by atoms with Gasteiger partial charge >= 0.3 is 0 Å². The third-order valence-corrected chi connectivity index (χ3v) is 2.41. The Morgan fingerprint density at radius 2 is 2.12 bits per heavy atom. The number of guanidine groups is 1. The fourth-order valence-corrected chi connectivity index (χ4v) is 1.41. The van der Waals surface area contributed by atoms with E-state index in [1.54, 1.807) is 6.07 Å². The van der Waals surface area contributed by atoms with Gasteiger partial charge in [-0.1, -0.05) is 12.1 Å². The highest BCUT2D eigenvalue weighted by molar-refractivity contribution is 9.10. The van der Waals surface area contributed by atoms with Crippen LogP contribution in [0.2, 0.25) is 0 Å². The van der Waals surface area contributed by atoms with Crippen molar-refractivity contribution in [1.82, 2.24) is 0 Å². The zero-order valence-electron chi connectivity index (χ0n) is 8.64. The van der Waals surface area contributed by atoms with Gasteiger partial charge in [-0.2, -0.15) is 0 Å². The molecule has 6 heteroatoms. The molecule has 16 heavy (non-hydrogen) atoms. The van der Waals surface area contributed by atoms with Crippen LogP contribution in [0.15, 0.2) is 33.7 Å². The number of nitrogens with zero attached hydrogens (tertiary/aromatic N) is 1. The van der Waals surface area contributed by atoms with Crippen LogP contribution in [0.1, 0.15) is 0 Å². The van der Waals surface area contributed by atoms with Gasteiger partial charge in [0.2, 0.25) is 0 Å². The first-order valence-corrected chi connectivity index (χ1v) is 5.49. The number of hydrogen-bond donors (Lipinski definition) is 3. The predicted octanol–water partition coefficient (Wildman–Crippen LogP) is 0.462. The van der Waals surface area contributed by atoms with Crippen molar-refractivity contribution >= 4 is 21.9 Å². The van der Waals surface area contributed by atoms with Crippen molar-refractivity contribution < 1.29 is 9.84 Å². The molecule has 1 aromatic carbocycles. The largest absolute Gasteiger partial charge is 0.490 e. The molecule has 0 amide bonds. The zero-order chi connectivity index (χ0) is 12.0. The molecule has 0 saturated carbocycles. The first kappa shape index (κ1) is 12.8. The number of benzene rings is 1. The molecule has 0 aliphatic carbocycles. The maximum absolute atomic E-state index is 9.49. The van der Waals surface area contributed by atoms with Crippen LogP contribution in [0.4, 0.5) is 0 Å². The molecule has 1 unspecified atom stereocenters. The second-order valence-corrected chi connectivity index (χ2v) is 4.02. The van der Waals surface area contributed by atoms with E-state index < -0.39 is 6.10 Å². The van der Waals surface area contributed by atoms with Gasteiger partial charge in [0.25, 0.3) is 0 Å². The third-order valence-electron chi connectivity index (χ3n) is 1.75. The van der Waals surface area contributed by atoms with E-state index in [2.05, 4.69) is 20.9 Å². The quantitative estimate of drug-likeness (QED) is 0.542. The Morgan fingerprint density at radius 3 is 2.75 bits per heavy atom. The molecule has 0 bridgehead atoms. The Bertz CT molecular complexity index is 367. The lowest BCUT2D eigenvalue weighted by atomic mass is 10.3. The summed E-state index contributed by atoms with van der Waals surface area (Å²) >= 11 is 3.33. The summed E-state index contributed by atoms with van der Waals surface area (Å²) in [5.74, 6) is 0.631. The van der Waals surface area contributed by atoms with Crippen molar-refractivity contribution in [3.05, 3.63) is 28.7 Å².